The van der Waals surface area contributed by atoms with Gasteiger partial charge in [0.1, 0.15) is 0 Å². The maximum Gasteiger partial charge on any atom is 0.287 e. The summed E-state index contributed by atoms with van der Waals surface area (Å²) < 4.78 is 6.15. The van der Waals surface area contributed by atoms with E-state index in [4.69, 9.17) is 10.4 Å². The molecular formula is C13H15BrN4O2. The van der Waals surface area contributed by atoms with Gasteiger partial charge in [-0.05, 0) is 24.7 Å². The van der Waals surface area contributed by atoms with E-state index in [1.807, 2.05) is 24.6 Å². The third kappa shape index (κ3) is 3.89. The van der Waals surface area contributed by atoms with Gasteiger partial charge in [0.05, 0.1) is 6.54 Å². The first kappa shape index (κ1) is 14.7. The second-order valence-electron chi connectivity index (χ2n) is 4.45. The first-order valence-corrected chi connectivity index (χ1v) is 6.77. The fourth-order valence-electron chi connectivity index (χ4n) is 1.84. The molecule has 0 saturated heterocycles. The van der Waals surface area contributed by atoms with E-state index in [-0.39, 0.29) is 5.69 Å². The van der Waals surface area contributed by atoms with Crippen molar-refractivity contribution in [3.63, 3.8) is 0 Å². The first-order chi connectivity index (χ1) is 9.58. The van der Waals surface area contributed by atoms with Crippen molar-refractivity contribution in [2.24, 2.45) is 5.84 Å². The molecule has 0 spiro atoms. The van der Waals surface area contributed by atoms with E-state index in [0.717, 1.165) is 11.0 Å². The zero-order valence-electron chi connectivity index (χ0n) is 11.0. The monoisotopic (exact) mass is 338 g/mol. The summed E-state index contributed by atoms with van der Waals surface area (Å²) in [6.07, 6.45) is 0. The Hall–Kier alpha value is -1.70. The Bertz CT molecular complexity index is 600. The summed E-state index contributed by atoms with van der Waals surface area (Å²) in [6.45, 7) is 1.32. The van der Waals surface area contributed by atoms with Crippen molar-refractivity contribution in [2.45, 2.75) is 13.1 Å². The number of nitrogen functional groups attached to an aromatic ring is 1. The summed E-state index contributed by atoms with van der Waals surface area (Å²) in [5.74, 6) is 5.18. The molecule has 2 aromatic rings. The lowest BCUT2D eigenvalue weighted by Crippen LogP contribution is -2.30. The Morgan fingerprint density at radius 2 is 2.25 bits per heavy atom. The summed E-state index contributed by atoms with van der Waals surface area (Å²) in [4.78, 5) is 13.3. The van der Waals surface area contributed by atoms with Crippen LogP contribution in [0.25, 0.3) is 0 Å². The van der Waals surface area contributed by atoms with Gasteiger partial charge in [-0.25, -0.2) is 5.84 Å². The molecule has 0 aliphatic heterocycles. The minimum absolute atomic E-state index is 0.179. The lowest BCUT2D eigenvalue weighted by atomic mass is 10.2. The van der Waals surface area contributed by atoms with Crippen LogP contribution in [0.1, 0.15) is 21.8 Å². The van der Waals surface area contributed by atoms with Crippen LogP contribution in [0.2, 0.25) is 0 Å². The van der Waals surface area contributed by atoms with E-state index in [0.29, 0.717) is 12.3 Å². The number of aromatic nitrogens is 1. The number of benzene rings is 1. The standard InChI is InChI=1S/C13H15BrN4O2/c1-18(7-9-3-2-4-10(14)5-9)8-11-6-12(17-20-11)13(19)16-15/h2-6H,7-8,15H2,1H3,(H,16,19). The molecular weight excluding hydrogens is 324 g/mol. The molecule has 0 radical (unpaired) electrons. The molecule has 2 rings (SSSR count). The zero-order valence-corrected chi connectivity index (χ0v) is 12.6. The summed E-state index contributed by atoms with van der Waals surface area (Å²) in [7, 11) is 1.96. The maximum atomic E-state index is 11.3. The van der Waals surface area contributed by atoms with E-state index in [1.165, 1.54) is 5.56 Å². The highest BCUT2D eigenvalue weighted by Crippen LogP contribution is 2.14. The molecule has 7 heteroatoms. The molecule has 0 bridgehead atoms. The molecule has 3 N–H and O–H groups in total. The smallest absolute Gasteiger partial charge is 0.287 e. The summed E-state index contributed by atoms with van der Waals surface area (Å²) in [5, 5.41) is 3.66. The van der Waals surface area contributed by atoms with Crippen LogP contribution in [0.15, 0.2) is 39.3 Å². The van der Waals surface area contributed by atoms with Crippen LogP contribution < -0.4 is 11.3 Å². The van der Waals surface area contributed by atoms with Gasteiger partial charge in [0.15, 0.2) is 11.5 Å². The molecule has 0 atom stereocenters. The largest absolute Gasteiger partial charge is 0.359 e. The average molecular weight is 339 g/mol. The van der Waals surface area contributed by atoms with Gasteiger partial charge < -0.3 is 4.52 Å². The van der Waals surface area contributed by atoms with Gasteiger partial charge in [0.25, 0.3) is 5.91 Å². The van der Waals surface area contributed by atoms with Gasteiger partial charge in [0, 0.05) is 17.1 Å². The predicted octanol–water partition coefficient (Wildman–Crippen LogP) is 1.67. The molecule has 0 saturated carbocycles. The van der Waals surface area contributed by atoms with Gasteiger partial charge in [-0.3, -0.25) is 15.1 Å². The number of nitrogens with one attached hydrogen (secondary N) is 1. The molecule has 1 amide bonds. The number of hydrogen-bond donors (Lipinski definition) is 2. The summed E-state index contributed by atoms with van der Waals surface area (Å²) in [6, 6.07) is 9.67. The Morgan fingerprint density at radius 3 is 2.95 bits per heavy atom. The molecule has 0 unspecified atom stereocenters. The molecule has 20 heavy (non-hydrogen) atoms. The van der Waals surface area contributed by atoms with Crippen molar-refractivity contribution in [3.05, 3.63) is 51.8 Å². The third-order valence-electron chi connectivity index (χ3n) is 2.69. The van der Waals surface area contributed by atoms with Crippen LogP contribution in [-0.4, -0.2) is 23.0 Å². The fourth-order valence-corrected chi connectivity index (χ4v) is 2.28. The second kappa shape index (κ2) is 6.65. The van der Waals surface area contributed by atoms with Crippen molar-refractivity contribution in [1.82, 2.24) is 15.5 Å². The third-order valence-corrected chi connectivity index (χ3v) is 3.18. The van der Waals surface area contributed by atoms with Gasteiger partial charge >= 0.3 is 0 Å². The maximum absolute atomic E-state index is 11.3. The van der Waals surface area contributed by atoms with Gasteiger partial charge in [0.2, 0.25) is 0 Å². The van der Waals surface area contributed by atoms with E-state index in [2.05, 4.69) is 38.1 Å². The van der Waals surface area contributed by atoms with E-state index in [9.17, 15) is 4.79 Å². The van der Waals surface area contributed by atoms with Crippen LogP contribution in [-0.2, 0) is 13.1 Å². The second-order valence-corrected chi connectivity index (χ2v) is 5.37. The minimum atomic E-state index is -0.463. The van der Waals surface area contributed by atoms with E-state index < -0.39 is 5.91 Å². The van der Waals surface area contributed by atoms with Crippen molar-refractivity contribution in [2.75, 3.05) is 7.05 Å². The summed E-state index contributed by atoms with van der Waals surface area (Å²) in [5.41, 5.74) is 3.37. The predicted molar refractivity (Wildman–Crippen MR) is 77.5 cm³/mol. The van der Waals surface area contributed by atoms with E-state index in [1.54, 1.807) is 6.07 Å². The van der Waals surface area contributed by atoms with Crippen LogP contribution in [0.3, 0.4) is 0 Å². The minimum Gasteiger partial charge on any atom is -0.359 e. The average Bonchev–Trinajstić information content (AvgIpc) is 2.86. The number of nitrogens with two attached hydrogens (primary N) is 1. The van der Waals surface area contributed by atoms with E-state index >= 15 is 0 Å². The zero-order chi connectivity index (χ0) is 14.5. The molecule has 1 aromatic heterocycles. The SMILES string of the molecule is CN(Cc1cccc(Br)c1)Cc1cc(C(=O)NN)no1. The number of carbonyl (C=O) groups is 1. The Labute approximate surface area is 125 Å². The lowest BCUT2D eigenvalue weighted by Gasteiger charge is -2.14. The van der Waals surface area contributed by atoms with Crippen molar-refractivity contribution >= 4 is 21.8 Å². The number of nitrogens with zero attached hydrogens (tertiary/aromatic N) is 2. The van der Waals surface area contributed by atoms with Crippen molar-refractivity contribution < 1.29 is 9.32 Å². The molecule has 0 aliphatic rings. The van der Waals surface area contributed by atoms with Crippen molar-refractivity contribution in [1.29, 1.82) is 0 Å². The topological polar surface area (TPSA) is 84.4 Å². The van der Waals surface area contributed by atoms with Crippen LogP contribution in [0.4, 0.5) is 0 Å². The van der Waals surface area contributed by atoms with Crippen LogP contribution in [0, 0.1) is 0 Å². The van der Waals surface area contributed by atoms with Crippen molar-refractivity contribution in [3.8, 4) is 0 Å². The highest BCUT2D eigenvalue weighted by Gasteiger charge is 2.12. The van der Waals surface area contributed by atoms with Crippen LogP contribution in [0.5, 0.6) is 0 Å². The number of rotatable bonds is 5. The lowest BCUT2D eigenvalue weighted by molar-refractivity contribution is 0.0944. The number of hydrazine groups is 1. The Morgan fingerprint density at radius 1 is 1.45 bits per heavy atom. The number of hydrogen-bond acceptors (Lipinski definition) is 5. The number of halogens is 1. The molecule has 6 nitrogen and oxygen atoms in total. The number of amides is 1. The molecule has 1 aromatic carbocycles. The molecule has 1 heterocycles. The molecule has 0 fully saturated rings. The molecule has 106 valence electrons. The Kier molecular flexibility index (Phi) is 4.89. The van der Waals surface area contributed by atoms with Gasteiger partial charge in [-0.2, -0.15) is 0 Å². The fraction of sp³-hybridized carbons (Fsp3) is 0.231. The van der Waals surface area contributed by atoms with Gasteiger partial charge in [-0.1, -0.05) is 33.2 Å². The van der Waals surface area contributed by atoms with Crippen LogP contribution >= 0.6 is 15.9 Å². The highest BCUT2D eigenvalue weighted by atomic mass is 79.9. The molecule has 0 aliphatic carbocycles. The quantitative estimate of drug-likeness (QED) is 0.492. The van der Waals surface area contributed by atoms with Gasteiger partial charge in [-0.15, -0.1) is 0 Å². The number of carbonyl (C=O) groups excluding carboxylic acids is 1. The Balaban J connectivity index is 1.96. The first-order valence-electron chi connectivity index (χ1n) is 5.98. The normalized spacial score (nSPS) is 10.8. The summed E-state index contributed by atoms with van der Waals surface area (Å²) >= 11 is 3.44. The highest BCUT2D eigenvalue weighted by molar-refractivity contribution is 9.10.